The molecule has 2 aliphatic carbocycles. The molecular formula is C16H20N2O. The van der Waals surface area contributed by atoms with E-state index in [1.54, 1.807) is 0 Å². The zero-order chi connectivity index (χ0) is 13.3. The largest absolute Gasteiger partial charge is 0.399 e. The first-order valence-electron chi connectivity index (χ1n) is 7.03. The molecule has 2 aliphatic rings. The second-order valence-electron chi connectivity index (χ2n) is 5.66. The molecule has 1 atom stereocenters. The van der Waals surface area contributed by atoms with Gasteiger partial charge in [-0.2, -0.15) is 0 Å². The van der Waals surface area contributed by atoms with Crippen molar-refractivity contribution in [2.75, 3.05) is 5.73 Å². The highest BCUT2D eigenvalue weighted by molar-refractivity contribution is 5.91. The number of hydrogen-bond acceptors (Lipinski definition) is 2. The molecular weight excluding hydrogens is 236 g/mol. The molecule has 19 heavy (non-hydrogen) atoms. The Bertz CT molecular complexity index is 500. The van der Waals surface area contributed by atoms with E-state index < -0.39 is 0 Å². The summed E-state index contributed by atoms with van der Waals surface area (Å²) in [4.78, 5) is 12.5. The van der Waals surface area contributed by atoms with Gasteiger partial charge in [0.25, 0.3) is 0 Å². The highest BCUT2D eigenvalue weighted by atomic mass is 16.2. The summed E-state index contributed by atoms with van der Waals surface area (Å²) in [5, 5.41) is 3.21. The number of allylic oxidation sites excluding steroid dienone is 1. The Kier molecular flexibility index (Phi) is 3.05. The Labute approximate surface area is 113 Å². The highest BCUT2D eigenvalue weighted by Crippen LogP contribution is 2.48. The highest BCUT2D eigenvalue weighted by Gasteiger charge is 2.51. The van der Waals surface area contributed by atoms with E-state index in [0.29, 0.717) is 6.04 Å². The predicted molar refractivity (Wildman–Crippen MR) is 76.7 cm³/mol. The summed E-state index contributed by atoms with van der Waals surface area (Å²) in [6.07, 6.45) is 9.34. The molecule has 0 saturated heterocycles. The molecule has 100 valence electrons. The smallest absolute Gasteiger partial charge is 0.230 e. The maximum atomic E-state index is 12.5. The van der Waals surface area contributed by atoms with Crippen molar-refractivity contribution in [2.45, 2.75) is 43.6 Å². The lowest BCUT2D eigenvalue weighted by atomic mass is 9.93. The standard InChI is InChI=1S/C16H20N2O/c17-13-8-6-12(7-9-13)16(10-11-16)15(19)18-14-4-2-1-3-5-14/h1-2,6-9,14H,3-5,10-11,17H2,(H,18,19). The van der Waals surface area contributed by atoms with Crippen molar-refractivity contribution in [2.24, 2.45) is 0 Å². The van der Waals surface area contributed by atoms with Gasteiger partial charge in [-0.1, -0.05) is 24.3 Å². The van der Waals surface area contributed by atoms with Crippen LogP contribution < -0.4 is 11.1 Å². The van der Waals surface area contributed by atoms with Crippen LogP contribution in [0.25, 0.3) is 0 Å². The number of nitrogen functional groups attached to an aromatic ring is 1. The summed E-state index contributed by atoms with van der Waals surface area (Å²) >= 11 is 0. The number of rotatable bonds is 3. The third-order valence-electron chi connectivity index (χ3n) is 4.25. The molecule has 3 nitrogen and oxygen atoms in total. The molecule has 0 bridgehead atoms. The fraction of sp³-hybridized carbons (Fsp3) is 0.438. The van der Waals surface area contributed by atoms with E-state index in [4.69, 9.17) is 5.73 Å². The minimum absolute atomic E-state index is 0.192. The third kappa shape index (κ3) is 2.37. The lowest BCUT2D eigenvalue weighted by molar-refractivity contribution is -0.124. The monoisotopic (exact) mass is 256 g/mol. The molecule has 1 saturated carbocycles. The zero-order valence-electron chi connectivity index (χ0n) is 11.1. The zero-order valence-corrected chi connectivity index (χ0v) is 11.1. The second kappa shape index (κ2) is 4.72. The van der Waals surface area contributed by atoms with Crippen molar-refractivity contribution in [3.63, 3.8) is 0 Å². The van der Waals surface area contributed by atoms with Crippen LogP contribution in [0.2, 0.25) is 0 Å². The van der Waals surface area contributed by atoms with Gasteiger partial charge in [-0.05, 0) is 49.8 Å². The van der Waals surface area contributed by atoms with E-state index >= 15 is 0 Å². The Morgan fingerprint density at radius 2 is 1.95 bits per heavy atom. The molecule has 1 amide bonds. The summed E-state index contributed by atoms with van der Waals surface area (Å²) in [7, 11) is 0. The van der Waals surface area contributed by atoms with Crippen LogP contribution in [-0.2, 0) is 10.2 Å². The number of carbonyl (C=O) groups excluding carboxylic acids is 1. The van der Waals surface area contributed by atoms with Gasteiger partial charge in [-0.15, -0.1) is 0 Å². The van der Waals surface area contributed by atoms with Crippen molar-refractivity contribution in [3.8, 4) is 0 Å². The van der Waals surface area contributed by atoms with Gasteiger partial charge in [0.15, 0.2) is 0 Å². The minimum atomic E-state index is -0.283. The Morgan fingerprint density at radius 3 is 2.53 bits per heavy atom. The topological polar surface area (TPSA) is 55.1 Å². The normalized spacial score (nSPS) is 23.9. The van der Waals surface area contributed by atoms with Gasteiger partial charge in [-0.25, -0.2) is 0 Å². The summed E-state index contributed by atoms with van der Waals surface area (Å²) < 4.78 is 0. The molecule has 0 aliphatic heterocycles. The van der Waals surface area contributed by atoms with Crippen molar-refractivity contribution >= 4 is 11.6 Å². The molecule has 1 unspecified atom stereocenters. The fourth-order valence-corrected chi connectivity index (χ4v) is 2.82. The van der Waals surface area contributed by atoms with E-state index in [-0.39, 0.29) is 11.3 Å². The fourth-order valence-electron chi connectivity index (χ4n) is 2.82. The number of nitrogens with one attached hydrogen (secondary N) is 1. The van der Waals surface area contributed by atoms with Gasteiger partial charge in [0.05, 0.1) is 5.41 Å². The number of benzene rings is 1. The average Bonchev–Trinajstić information content (AvgIpc) is 3.22. The molecule has 1 aromatic rings. The summed E-state index contributed by atoms with van der Waals surface area (Å²) in [6.45, 7) is 0. The molecule has 0 heterocycles. The Morgan fingerprint density at radius 1 is 1.21 bits per heavy atom. The summed E-state index contributed by atoms with van der Waals surface area (Å²) in [5.41, 5.74) is 7.27. The van der Waals surface area contributed by atoms with Crippen molar-refractivity contribution < 1.29 is 4.79 Å². The number of amides is 1. The molecule has 3 heteroatoms. The molecule has 0 aromatic heterocycles. The number of nitrogens with two attached hydrogens (primary N) is 1. The van der Waals surface area contributed by atoms with Crippen molar-refractivity contribution in [1.29, 1.82) is 0 Å². The lowest BCUT2D eigenvalue weighted by Crippen LogP contribution is -2.41. The van der Waals surface area contributed by atoms with Gasteiger partial charge >= 0.3 is 0 Å². The lowest BCUT2D eigenvalue weighted by Gasteiger charge is -2.23. The van der Waals surface area contributed by atoms with Crippen LogP contribution in [0.5, 0.6) is 0 Å². The predicted octanol–water partition coefficient (Wildman–Crippen LogP) is 2.53. The first-order valence-corrected chi connectivity index (χ1v) is 7.03. The Balaban J connectivity index is 1.71. The van der Waals surface area contributed by atoms with Crippen LogP contribution in [0.1, 0.15) is 37.7 Å². The van der Waals surface area contributed by atoms with Crippen LogP contribution in [0.4, 0.5) is 5.69 Å². The first-order chi connectivity index (χ1) is 9.21. The molecule has 3 N–H and O–H groups in total. The van der Waals surface area contributed by atoms with Gasteiger partial charge < -0.3 is 11.1 Å². The quantitative estimate of drug-likeness (QED) is 0.645. The maximum Gasteiger partial charge on any atom is 0.230 e. The van der Waals surface area contributed by atoms with E-state index in [1.165, 1.54) is 0 Å². The van der Waals surface area contributed by atoms with Gasteiger partial charge in [-0.3, -0.25) is 4.79 Å². The SMILES string of the molecule is Nc1ccc(C2(C(=O)NC3CC=CCC3)CC2)cc1. The second-order valence-corrected chi connectivity index (χ2v) is 5.66. The van der Waals surface area contributed by atoms with Gasteiger partial charge in [0.1, 0.15) is 0 Å². The van der Waals surface area contributed by atoms with Crippen LogP contribution in [0.3, 0.4) is 0 Å². The maximum absolute atomic E-state index is 12.5. The van der Waals surface area contributed by atoms with Crippen LogP contribution in [0.15, 0.2) is 36.4 Å². The van der Waals surface area contributed by atoms with Gasteiger partial charge in [0, 0.05) is 11.7 Å². The average molecular weight is 256 g/mol. The van der Waals surface area contributed by atoms with E-state index in [0.717, 1.165) is 43.4 Å². The first kappa shape index (κ1) is 12.3. The summed E-state index contributed by atoms with van der Waals surface area (Å²) in [5.74, 6) is 0.192. The minimum Gasteiger partial charge on any atom is -0.399 e. The van der Waals surface area contributed by atoms with Crippen molar-refractivity contribution in [3.05, 3.63) is 42.0 Å². The summed E-state index contributed by atoms with van der Waals surface area (Å²) in [6, 6.07) is 8.05. The molecule has 1 fully saturated rings. The van der Waals surface area contributed by atoms with Crippen LogP contribution >= 0.6 is 0 Å². The van der Waals surface area contributed by atoms with Gasteiger partial charge in [0.2, 0.25) is 5.91 Å². The Hall–Kier alpha value is -1.77. The van der Waals surface area contributed by atoms with E-state index in [9.17, 15) is 4.79 Å². The molecule has 0 spiro atoms. The van der Waals surface area contributed by atoms with Crippen LogP contribution in [0, 0.1) is 0 Å². The number of anilines is 1. The van der Waals surface area contributed by atoms with Crippen molar-refractivity contribution in [1.82, 2.24) is 5.32 Å². The van der Waals surface area contributed by atoms with Crippen LogP contribution in [-0.4, -0.2) is 11.9 Å². The molecule has 1 aromatic carbocycles. The molecule has 0 radical (unpaired) electrons. The molecule has 3 rings (SSSR count). The van der Waals surface area contributed by atoms with E-state index in [1.807, 2.05) is 24.3 Å². The van der Waals surface area contributed by atoms with E-state index in [2.05, 4.69) is 17.5 Å². The number of carbonyl (C=O) groups is 1. The number of hydrogen-bond donors (Lipinski definition) is 2. The third-order valence-corrected chi connectivity index (χ3v) is 4.25.